The van der Waals surface area contributed by atoms with Gasteiger partial charge in [0.15, 0.2) is 17.7 Å². The largest absolute Gasteiger partial charge is 0.502 e. The number of carbonyl (C=O) groups is 2. The first-order valence-electron chi connectivity index (χ1n) is 28.7. The molecule has 4 aromatic carbocycles. The molecule has 0 radical (unpaired) electrons. The molecule has 10 atom stereocenters. The molecule has 12 rings (SSSR count). The first kappa shape index (κ1) is 52.8. The number of methoxy groups -OCH3 is 1. The number of ether oxygens (including phenoxy) is 5. The Labute approximate surface area is 456 Å². The summed E-state index contributed by atoms with van der Waals surface area (Å²) in [5.41, 5.74) is 7.22. The van der Waals surface area contributed by atoms with E-state index in [4.69, 9.17) is 23.7 Å². The van der Waals surface area contributed by atoms with Gasteiger partial charge in [-0.1, -0.05) is 50.5 Å². The van der Waals surface area contributed by atoms with E-state index in [1.165, 1.54) is 30.4 Å². The van der Waals surface area contributed by atoms with Crippen molar-refractivity contribution in [2.45, 2.75) is 119 Å². The Kier molecular flexibility index (Phi) is 14.4. The van der Waals surface area contributed by atoms with Crippen molar-refractivity contribution in [1.29, 1.82) is 0 Å². The van der Waals surface area contributed by atoms with Crippen molar-refractivity contribution < 1.29 is 58.8 Å². The van der Waals surface area contributed by atoms with Crippen molar-refractivity contribution in [1.82, 2.24) is 15.5 Å². The highest BCUT2D eigenvalue weighted by Crippen LogP contribution is 2.68. The minimum absolute atomic E-state index is 0.0245. The molecule has 3 saturated carbocycles. The number of aliphatic hydroxyl groups is 4. The van der Waals surface area contributed by atoms with Crippen LogP contribution in [-0.2, 0) is 27.8 Å². The van der Waals surface area contributed by atoms with Gasteiger partial charge in [-0.2, -0.15) is 0 Å². The number of carbonyl (C=O) groups excluding carboxylic acids is 2. The van der Waals surface area contributed by atoms with E-state index < -0.39 is 35.1 Å². The van der Waals surface area contributed by atoms with Gasteiger partial charge in [0.25, 0.3) is 11.8 Å². The maximum Gasteiger partial charge on any atom is 0.254 e. The molecule has 416 valence electrons. The van der Waals surface area contributed by atoms with E-state index >= 15 is 0 Å². The number of phenols is 1. The summed E-state index contributed by atoms with van der Waals surface area (Å²) in [4.78, 5) is 29.3. The summed E-state index contributed by atoms with van der Waals surface area (Å²) < 4.78 is 32.0. The highest BCUT2D eigenvalue weighted by molar-refractivity contribution is 6.13. The predicted octanol–water partition coefficient (Wildman–Crippen LogP) is 7.42. The molecule has 0 spiro atoms. The average molecular weight is 1070 g/mol. The van der Waals surface area contributed by atoms with Gasteiger partial charge in [0.1, 0.15) is 30.6 Å². The van der Waals surface area contributed by atoms with Gasteiger partial charge in [0, 0.05) is 82.6 Å². The van der Waals surface area contributed by atoms with Gasteiger partial charge in [-0.25, -0.2) is 0 Å². The van der Waals surface area contributed by atoms with Crippen LogP contribution in [0.25, 0.3) is 11.1 Å². The fraction of sp³-hybridized carbons (Fsp3) is 0.548. The van der Waals surface area contributed by atoms with Crippen LogP contribution in [0.4, 0.5) is 5.69 Å². The van der Waals surface area contributed by atoms with Crippen LogP contribution in [0.2, 0.25) is 0 Å². The Morgan fingerprint density at radius 1 is 0.885 bits per heavy atom. The third kappa shape index (κ3) is 8.45. The average Bonchev–Trinajstić information content (AvgIpc) is 3.91. The smallest absolute Gasteiger partial charge is 0.254 e. The van der Waals surface area contributed by atoms with Crippen molar-refractivity contribution >= 4 is 17.5 Å². The maximum atomic E-state index is 13.9. The van der Waals surface area contributed by atoms with E-state index in [9.17, 15) is 35.1 Å². The highest BCUT2D eigenvalue weighted by atomic mass is 16.5. The van der Waals surface area contributed by atoms with Crippen molar-refractivity contribution in [2.24, 2.45) is 29.6 Å². The number of phenolic OH excluding ortho intramolecular Hbond substituents is 1. The number of aromatic hydroxyl groups is 1. The van der Waals surface area contributed by atoms with Crippen LogP contribution in [0, 0.1) is 29.6 Å². The SMILES string of the molecule is CCNCOc1cc(OCCNC)c2c3c1[C@@H](O)Nc1cc4c(c(c1-3)CC2)[C@@H](O)[C@H](c1cc(OC)c(O)c(OC[C@H](CO)[C@]23C[C@H](C5(N6C(=O)C=CC6=O)CCCCC5)C[C@H]5[C@H](CCO)C[C@H](C[C@H]52)c2ccccc23)c1)CO4. The zero-order chi connectivity index (χ0) is 54.0. The number of hydrogen-bond acceptors (Lipinski definition) is 15. The second kappa shape index (κ2) is 21.3. The standard InChI is InChI=1S/C62H76N4O12/c1-4-64-33-78-49-28-47(75-21-19-63-2)40-12-13-41-54-46(65-60(73)57(49)56(40)54)27-48-55(41)58(71)43(32-77-48)36-24-50(74-3)59(72)51(25-36)76-31-38(30-68)62-29-37(61(17-8-5-9-18-61)66-52(69)14-15-53(66)70)26-42-34(16-20-67)22-35(23-45(42)62)39-10-6-7-11-44(39)62/h6-7,10-11,14-15,24-25,27-28,34-35,37-38,42-43,45,58,60,63-65,67-68,71-73H,4-5,8-9,12-13,16-23,26,29-33H2,1-3H3/t34-,35-,37-,38+,42+,43+,45-,58+,60-,62+/m1/s1. The fourth-order valence-electron chi connectivity index (χ4n) is 16.5. The number of likely N-dealkylation sites (N-methyl/N-ethyl adjacent to an activating group) is 1. The Morgan fingerprint density at radius 3 is 2.42 bits per heavy atom. The number of rotatable bonds is 19. The van der Waals surface area contributed by atoms with Gasteiger partial charge in [-0.3, -0.25) is 19.8 Å². The first-order valence-corrected chi connectivity index (χ1v) is 28.7. The van der Waals surface area contributed by atoms with Gasteiger partial charge in [-0.05, 0) is 135 Å². The van der Waals surface area contributed by atoms with E-state index in [2.05, 4.69) is 40.2 Å². The Balaban J connectivity index is 0.906. The molecular weight excluding hydrogens is 993 g/mol. The molecular formula is C62H76N4O12. The molecule has 2 amide bonds. The maximum absolute atomic E-state index is 13.9. The van der Waals surface area contributed by atoms with E-state index in [0.717, 1.165) is 73.6 Å². The molecule has 0 saturated heterocycles. The molecule has 16 heteroatoms. The zero-order valence-electron chi connectivity index (χ0n) is 45.2. The summed E-state index contributed by atoms with van der Waals surface area (Å²) in [6.45, 7) is 3.96. The third-order valence-electron chi connectivity index (χ3n) is 19.8. The van der Waals surface area contributed by atoms with Gasteiger partial charge in [0.05, 0.1) is 44.1 Å². The molecule has 3 aliphatic heterocycles. The van der Waals surface area contributed by atoms with Crippen LogP contribution in [0.3, 0.4) is 0 Å². The number of imide groups is 1. The van der Waals surface area contributed by atoms with E-state index in [-0.39, 0.29) is 91.8 Å². The molecule has 0 aromatic heterocycles. The number of benzene rings is 4. The van der Waals surface area contributed by atoms with E-state index in [1.54, 1.807) is 17.0 Å². The molecule has 5 aliphatic carbocycles. The topological polar surface area (TPSA) is 221 Å². The van der Waals surface area contributed by atoms with Gasteiger partial charge in [-0.15, -0.1) is 0 Å². The Morgan fingerprint density at radius 2 is 1.67 bits per heavy atom. The van der Waals surface area contributed by atoms with Gasteiger partial charge >= 0.3 is 0 Å². The summed E-state index contributed by atoms with van der Waals surface area (Å²) >= 11 is 0. The van der Waals surface area contributed by atoms with Crippen LogP contribution in [0.5, 0.6) is 34.5 Å². The summed E-state index contributed by atoms with van der Waals surface area (Å²) in [6.07, 6.45) is 10.1. The predicted molar refractivity (Wildman–Crippen MR) is 292 cm³/mol. The lowest BCUT2D eigenvalue weighted by Gasteiger charge is -2.65. The summed E-state index contributed by atoms with van der Waals surface area (Å²) in [5.74, 6) is 0.882. The summed E-state index contributed by atoms with van der Waals surface area (Å²) in [5, 5.41) is 68.8. The number of amides is 2. The Bertz CT molecular complexity index is 2970. The van der Waals surface area contributed by atoms with Gasteiger partial charge in [0.2, 0.25) is 5.75 Å². The van der Waals surface area contributed by atoms with Crippen molar-refractivity contribution in [2.75, 3.05) is 72.3 Å². The molecule has 78 heavy (non-hydrogen) atoms. The summed E-state index contributed by atoms with van der Waals surface area (Å²) in [7, 11) is 3.36. The van der Waals surface area contributed by atoms with Crippen LogP contribution < -0.4 is 39.6 Å². The number of anilines is 1. The molecule has 8 aliphatic rings. The minimum atomic E-state index is -1.08. The molecule has 2 bridgehead atoms. The lowest BCUT2D eigenvalue weighted by Crippen LogP contribution is -2.65. The fourth-order valence-corrected chi connectivity index (χ4v) is 16.5. The molecule has 8 N–H and O–H groups in total. The van der Waals surface area contributed by atoms with Crippen LogP contribution in [0.15, 0.2) is 60.7 Å². The Hall–Kier alpha value is -5.88. The van der Waals surface area contributed by atoms with E-state index in [0.29, 0.717) is 85.0 Å². The van der Waals surface area contributed by atoms with E-state index in [1.807, 2.05) is 26.1 Å². The number of nitrogens with zero attached hydrogens (tertiary/aromatic N) is 1. The van der Waals surface area contributed by atoms with Crippen molar-refractivity contribution in [3.63, 3.8) is 0 Å². The molecule has 0 unspecified atom stereocenters. The number of hydrogen-bond donors (Lipinski definition) is 8. The molecule has 4 aromatic rings. The van der Waals surface area contributed by atoms with Crippen LogP contribution in [0.1, 0.15) is 134 Å². The normalized spacial score (nSPS) is 28.2. The molecule has 16 nitrogen and oxygen atoms in total. The number of aliphatic hydroxyl groups excluding tert-OH is 4. The van der Waals surface area contributed by atoms with Gasteiger partial charge < -0.3 is 59.9 Å². The zero-order valence-corrected chi connectivity index (χ0v) is 45.2. The highest BCUT2D eigenvalue weighted by Gasteiger charge is 2.64. The number of fused-ring (bicyclic) bond motifs is 6. The van der Waals surface area contributed by atoms with Crippen LogP contribution in [-0.4, -0.2) is 115 Å². The van der Waals surface area contributed by atoms with Crippen molar-refractivity contribution in [3.05, 3.63) is 99.6 Å². The molecule has 3 fully saturated rings. The second-order valence-electron chi connectivity index (χ2n) is 23.3. The first-order chi connectivity index (χ1) is 38.0. The monoisotopic (exact) mass is 1070 g/mol. The lowest BCUT2D eigenvalue weighted by atomic mass is 9.40. The van der Waals surface area contributed by atoms with Crippen molar-refractivity contribution in [3.8, 4) is 45.6 Å². The summed E-state index contributed by atoms with van der Waals surface area (Å²) in [6, 6.07) is 15.9. The minimum Gasteiger partial charge on any atom is -0.502 e. The second-order valence-corrected chi connectivity index (χ2v) is 23.3. The molecule has 3 heterocycles. The third-order valence-corrected chi connectivity index (χ3v) is 19.8. The van der Waals surface area contributed by atoms with Crippen LogP contribution >= 0.6 is 0 Å². The number of nitrogens with one attached hydrogen (secondary N) is 3. The quantitative estimate of drug-likeness (QED) is 0.0260. The lowest BCUT2D eigenvalue weighted by molar-refractivity contribution is -0.156.